The number of ether oxygens (including phenoxy) is 4. The topological polar surface area (TPSA) is 61.8 Å². The number of anilines is 2. The summed E-state index contributed by atoms with van der Waals surface area (Å²) >= 11 is 0. The van der Waals surface area contributed by atoms with Crippen LogP contribution in [0.5, 0.6) is 23.0 Å². The van der Waals surface area contributed by atoms with Crippen molar-refractivity contribution in [1.82, 2.24) is 4.98 Å². The highest BCUT2D eigenvalue weighted by molar-refractivity contribution is 5.81. The second-order valence-corrected chi connectivity index (χ2v) is 11.2. The predicted octanol–water partition coefficient (Wildman–Crippen LogP) is 10.3. The quantitative estimate of drug-likeness (QED) is 0.142. The number of aromatic nitrogens is 1. The fourth-order valence-corrected chi connectivity index (χ4v) is 5.73. The van der Waals surface area contributed by atoms with E-state index < -0.39 is 0 Å². The molecule has 1 N–H and O–H groups in total. The van der Waals surface area contributed by atoms with Crippen molar-refractivity contribution in [2.24, 2.45) is 0 Å². The van der Waals surface area contributed by atoms with E-state index in [0.717, 1.165) is 68.0 Å². The molecule has 0 amide bonds. The van der Waals surface area contributed by atoms with E-state index in [2.05, 4.69) is 74.6 Å². The van der Waals surface area contributed by atoms with Crippen LogP contribution in [0.25, 0.3) is 33.6 Å². The first kappa shape index (κ1) is 32.4. The van der Waals surface area contributed by atoms with E-state index >= 15 is 0 Å². The van der Waals surface area contributed by atoms with E-state index in [1.54, 1.807) is 0 Å². The molecule has 238 valence electrons. The maximum absolute atomic E-state index is 6.10. The summed E-state index contributed by atoms with van der Waals surface area (Å²) in [4.78, 5) is 5.18. The number of hydrogen-bond donors (Lipinski definition) is 1. The summed E-state index contributed by atoms with van der Waals surface area (Å²) in [6.07, 6.45) is 0. The van der Waals surface area contributed by atoms with Crippen LogP contribution >= 0.6 is 0 Å². The van der Waals surface area contributed by atoms with Gasteiger partial charge in [-0.05, 0) is 119 Å². The second kappa shape index (κ2) is 14.9. The van der Waals surface area contributed by atoms with Crippen LogP contribution in [0, 0.1) is 20.8 Å². The van der Waals surface area contributed by atoms with Gasteiger partial charge in [0.25, 0.3) is 0 Å². The Kier molecular flexibility index (Phi) is 10.5. The molecule has 0 aliphatic heterocycles. The molecular weight excluding hydrogens is 572 g/mol. The number of nitrogens with zero attached hydrogens (tertiary/aromatic N) is 1. The molecule has 0 aliphatic rings. The Hall–Kier alpha value is -4.97. The summed E-state index contributed by atoms with van der Waals surface area (Å²) in [6.45, 7) is 16.5. The zero-order valence-electron chi connectivity index (χ0n) is 28.0. The molecule has 1 heterocycles. The first-order chi connectivity index (χ1) is 22.3. The number of nitrogens with one attached hydrogen (secondary N) is 1. The van der Waals surface area contributed by atoms with Gasteiger partial charge in [0.05, 0.1) is 37.8 Å². The van der Waals surface area contributed by atoms with E-state index in [1.807, 2.05) is 64.1 Å². The van der Waals surface area contributed by atoms with Crippen molar-refractivity contribution in [2.75, 3.05) is 31.7 Å². The highest BCUT2D eigenvalue weighted by Crippen LogP contribution is 2.40. The molecule has 0 bridgehead atoms. The van der Waals surface area contributed by atoms with E-state index in [9.17, 15) is 0 Å². The van der Waals surface area contributed by atoms with E-state index in [-0.39, 0.29) is 0 Å². The molecule has 0 atom stereocenters. The Balaban J connectivity index is 1.62. The third kappa shape index (κ3) is 7.45. The predicted molar refractivity (Wildman–Crippen MR) is 189 cm³/mol. The van der Waals surface area contributed by atoms with Crippen molar-refractivity contribution in [3.8, 4) is 56.6 Å². The number of pyridine rings is 1. The third-order valence-corrected chi connectivity index (χ3v) is 7.67. The summed E-state index contributed by atoms with van der Waals surface area (Å²) in [5.74, 6) is 2.98. The van der Waals surface area contributed by atoms with Crippen molar-refractivity contribution in [1.29, 1.82) is 0 Å². The normalized spacial score (nSPS) is 10.8. The Morgan fingerprint density at radius 3 is 1.46 bits per heavy atom. The smallest absolute Gasteiger partial charge is 0.132 e. The summed E-state index contributed by atoms with van der Waals surface area (Å²) in [5.41, 5.74) is 11.4. The standard InChI is InChI=1S/C40H44N2O4/c1-8-43-32-16-18-34(38(24-32)45-10-3)36-22-30(23-37(42-36)35-19-17-33(44-9-2)25-39(35)46-11-4)29-12-14-31(15-13-29)41-40-27(6)20-26(5)21-28(40)7/h12-25,41H,8-11H2,1-7H3. The molecule has 0 radical (unpaired) electrons. The van der Waals surface area contributed by atoms with Gasteiger partial charge >= 0.3 is 0 Å². The molecule has 0 fully saturated rings. The lowest BCUT2D eigenvalue weighted by molar-refractivity contribution is 0.323. The largest absolute Gasteiger partial charge is 0.494 e. The van der Waals surface area contributed by atoms with E-state index in [4.69, 9.17) is 23.9 Å². The zero-order chi connectivity index (χ0) is 32.6. The van der Waals surface area contributed by atoms with Gasteiger partial charge in [-0.15, -0.1) is 0 Å². The number of hydrogen-bond acceptors (Lipinski definition) is 6. The van der Waals surface area contributed by atoms with Crippen LogP contribution in [0.2, 0.25) is 0 Å². The molecule has 0 saturated heterocycles. The minimum atomic E-state index is 0.525. The molecule has 0 aliphatic carbocycles. The summed E-state index contributed by atoms with van der Waals surface area (Å²) < 4.78 is 23.8. The molecule has 0 spiro atoms. The molecular formula is C40H44N2O4. The first-order valence-corrected chi connectivity index (χ1v) is 16.1. The Bertz CT molecular complexity index is 1700. The third-order valence-electron chi connectivity index (χ3n) is 7.67. The molecule has 6 nitrogen and oxygen atoms in total. The van der Waals surface area contributed by atoms with Crippen molar-refractivity contribution in [3.63, 3.8) is 0 Å². The highest BCUT2D eigenvalue weighted by Gasteiger charge is 2.17. The van der Waals surface area contributed by atoms with Crippen LogP contribution < -0.4 is 24.3 Å². The minimum absolute atomic E-state index is 0.525. The fourth-order valence-electron chi connectivity index (χ4n) is 5.73. The van der Waals surface area contributed by atoms with E-state index in [0.29, 0.717) is 26.4 Å². The average Bonchev–Trinajstić information content (AvgIpc) is 3.04. The first-order valence-electron chi connectivity index (χ1n) is 16.1. The van der Waals surface area contributed by atoms with Gasteiger partial charge in [-0.3, -0.25) is 0 Å². The molecule has 6 heteroatoms. The number of rotatable bonds is 13. The molecule has 0 saturated carbocycles. The summed E-state index contributed by atoms with van der Waals surface area (Å²) in [5, 5.41) is 3.63. The SMILES string of the molecule is CCOc1ccc(-c2cc(-c3ccc(Nc4c(C)cc(C)cc4C)cc3)cc(-c3ccc(OCC)cc3OCC)n2)c(OCC)c1. The maximum atomic E-state index is 6.10. The zero-order valence-corrected chi connectivity index (χ0v) is 28.0. The molecule has 5 aromatic rings. The van der Waals surface area contributed by atoms with Crippen LogP contribution in [0.15, 0.2) is 84.9 Å². The van der Waals surface area contributed by atoms with Crippen molar-refractivity contribution in [2.45, 2.75) is 48.5 Å². The van der Waals surface area contributed by atoms with Gasteiger partial charge < -0.3 is 24.3 Å². The monoisotopic (exact) mass is 616 g/mol. The van der Waals surface area contributed by atoms with Gasteiger partial charge in [0.15, 0.2) is 0 Å². The van der Waals surface area contributed by atoms with Gasteiger partial charge in [-0.1, -0.05) is 29.8 Å². The van der Waals surface area contributed by atoms with Crippen LogP contribution in [0.3, 0.4) is 0 Å². The second-order valence-electron chi connectivity index (χ2n) is 11.2. The highest BCUT2D eigenvalue weighted by atomic mass is 16.5. The molecule has 5 rings (SSSR count). The van der Waals surface area contributed by atoms with Crippen LogP contribution in [-0.2, 0) is 0 Å². The Morgan fingerprint density at radius 2 is 1.00 bits per heavy atom. The lowest BCUT2D eigenvalue weighted by Gasteiger charge is -2.17. The van der Waals surface area contributed by atoms with Gasteiger partial charge in [-0.25, -0.2) is 4.98 Å². The number of benzene rings is 4. The lowest BCUT2D eigenvalue weighted by atomic mass is 9.98. The minimum Gasteiger partial charge on any atom is -0.494 e. The molecule has 46 heavy (non-hydrogen) atoms. The molecule has 0 unspecified atom stereocenters. The van der Waals surface area contributed by atoms with Gasteiger partial charge in [-0.2, -0.15) is 0 Å². The van der Waals surface area contributed by atoms with Crippen LogP contribution in [0.1, 0.15) is 44.4 Å². The molecule has 1 aromatic heterocycles. The van der Waals surface area contributed by atoms with Gasteiger partial charge in [0.1, 0.15) is 23.0 Å². The van der Waals surface area contributed by atoms with Crippen molar-refractivity contribution < 1.29 is 18.9 Å². The van der Waals surface area contributed by atoms with Gasteiger partial charge in [0, 0.05) is 34.6 Å². The Morgan fingerprint density at radius 1 is 0.522 bits per heavy atom. The lowest BCUT2D eigenvalue weighted by Crippen LogP contribution is -2.00. The summed E-state index contributed by atoms with van der Waals surface area (Å²) in [6, 6.07) is 29.0. The van der Waals surface area contributed by atoms with E-state index in [1.165, 1.54) is 16.7 Å². The fraction of sp³-hybridized carbons (Fsp3) is 0.275. The number of aryl methyl sites for hydroxylation is 3. The summed E-state index contributed by atoms with van der Waals surface area (Å²) in [7, 11) is 0. The molecule has 4 aromatic carbocycles. The Labute approximate surface area is 273 Å². The van der Waals surface area contributed by atoms with Gasteiger partial charge in [0.2, 0.25) is 0 Å². The van der Waals surface area contributed by atoms with Crippen LogP contribution in [0.4, 0.5) is 11.4 Å². The van der Waals surface area contributed by atoms with Crippen molar-refractivity contribution >= 4 is 11.4 Å². The maximum Gasteiger partial charge on any atom is 0.132 e. The van der Waals surface area contributed by atoms with Crippen LogP contribution in [-0.4, -0.2) is 31.4 Å². The average molecular weight is 617 g/mol. The van der Waals surface area contributed by atoms with Crippen molar-refractivity contribution in [3.05, 3.63) is 102 Å².